The van der Waals surface area contributed by atoms with E-state index in [4.69, 9.17) is 17.3 Å². The van der Waals surface area contributed by atoms with Gasteiger partial charge in [0.2, 0.25) is 0 Å². The highest BCUT2D eigenvalue weighted by Gasteiger charge is 2.54. The molecule has 0 saturated heterocycles. The van der Waals surface area contributed by atoms with Crippen molar-refractivity contribution in [3.8, 4) is 0 Å². The van der Waals surface area contributed by atoms with Crippen molar-refractivity contribution in [2.24, 2.45) is 5.73 Å². The number of nitrogens with two attached hydrogens (primary N) is 1. The van der Waals surface area contributed by atoms with E-state index in [1.54, 1.807) is 24.3 Å². The molecule has 2 unspecified atom stereocenters. The summed E-state index contributed by atoms with van der Waals surface area (Å²) < 4.78 is 13.6. The first kappa shape index (κ1) is 11.5. The SMILES string of the molecule is CC.NC1CC1(F)c1ccc(Cl)cc1. The molecule has 1 saturated carbocycles. The maximum atomic E-state index is 13.6. The molecule has 2 N–H and O–H groups in total. The van der Waals surface area contributed by atoms with Crippen LogP contribution in [0.4, 0.5) is 4.39 Å². The van der Waals surface area contributed by atoms with E-state index in [1.165, 1.54) is 0 Å². The molecular weight excluding hydrogens is 201 g/mol. The van der Waals surface area contributed by atoms with E-state index in [1.807, 2.05) is 13.8 Å². The lowest BCUT2D eigenvalue weighted by atomic mass is 10.1. The first-order valence-corrected chi connectivity index (χ1v) is 5.21. The molecule has 0 radical (unpaired) electrons. The lowest BCUT2D eigenvalue weighted by molar-refractivity contribution is 0.306. The van der Waals surface area contributed by atoms with E-state index in [0.29, 0.717) is 17.0 Å². The predicted molar refractivity (Wildman–Crippen MR) is 58.2 cm³/mol. The number of rotatable bonds is 1. The van der Waals surface area contributed by atoms with Crippen LogP contribution >= 0.6 is 11.6 Å². The van der Waals surface area contributed by atoms with Crippen LogP contribution in [0.1, 0.15) is 25.8 Å². The molecule has 0 aromatic heterocycles. The molecule has 1 aliphatic carbocycles. The molecule has 0 heterocycles. The average molecular weight is 216 g/mol. The Bertz CT molecular complexity index is 299. The standard InChI is InChI=1S/C9H9ClFN.C2H6/c10-7-3-1-6(2-4-7)9(11)5-8(9)12;1-2/h1-4,8H,5,12H2;1-2H3. The van der Waals surface area contributed by atoms with E-state index in [0.717, 1.165) is 0 Å². The van der Waals surface area contributed by atoms with Gasteiger partial charge in [0.05, 0.1) is 0 Å². The first-order valence-electron chi connectivity index (χ1n) is 4.83. The number of hydrogen-bond donors (Lipinski definition) is 1. The van der Waals surface area contributed by atoms with E-state index >= 15 is 0 Å². The van der Waals surface area contributed by atoms with Crippen LogP contribution in [0.5, 0.6) is 0 Å². The van der Waals surface area contributed by atoms with Gasteiger partial charge in [0, 0.05) is 17.5 Å². The van der Waals surface area contributed by atoms with E-state index in [9.17, 15) is 4.39 Å². The average Bonchev–Trinajstić information content (AvgIpc) is 2.80. The molecular formula is C11H15ClFN. The first-order chi connectivity index (χ1) is 6.63. The Kier molecular flexibility index (Phi) is 3.51. The van der Waals surface area contributed by atoms with Gasteiger partial charge in [-0.15, -0.1) is 0 Å². The Labute approximate surface area is 89.1 Å². The summed E-state index contributed by atoms with van der Waals surface area (Å²) in [4.78, 5) is 0. The van der Waals surface area contributed by atoms with E-state index < -0.39 is 5.67 Å². The smallest absolute Gasteiger partial charge is 0.152 e. The van der Waals surface area contributed by atoms with Gasteiger partial charge in [-0.2, -0.15) is 0 Å². The van der Waals surface area contributed by atoms with Gasteiger partial charge >= 0.3 is 0 Å². The second kappa shape index (κ2) is 4.28. The normalized spacial score (nSPS) is 29.1. The molecule has 1 aromatic rings. The third-order valence-electron chi connectivity index (χ3n) is 2.27. The molecule has 1 aliphatic rings. The van der Waals surface area contributed by atoms with Gasteiger partial charge < -0.3 is 5.73 Å². The molecule has 3 heteroatoms. The lowest BCUT2D eigenvalue weighted by Gasteiger charge is -2.05. The number of hydrogen-bond acceptors (Lipinski definition) is 1. The summed E-state index contributed by atoms with van der Waals surface area (Å²) in [5.74, 6) is 0. The second-order valence-corrected chi connectivity index (χ2v) is 3.62. The van der Waals surface area contributed by atoms with E-state index in [2.05, 4.69) is 0 Å². The molecule has 1 aromatic carbocycles. The van der Waals surface area contributed by atoms with Crippen molar-refractivity contribution in [1.29, 1.82) is 0 Å². The molecule has 0 bridgehead atoms. The van der Waals surface area contributed by atoms with Crippen LogP contribution in [-0.4, -0.2) is 6.04 Å². The molecule has 2 atom stereocenters. The van der Waals surface area contributed by atoms with Gasteiger partial charge in [0.25, 0.3) is 0 Å². The molecule has 0 aliphatic heterocycles. The fourth-order valence-electron chi connectivity index (χ4n) is 1.32. The molecule has 78 valence electrons. The van der Waals surface area contributed by atoms with Gasteiger partial charge in [-0.1, -0.05) is 37.6 Å². The maximum Gasteiger partial charge on any atom is 0.152 e. The third-order valence-corrected chi connectivity index (χ3v) is 2.52. The Morgan fingerprint density at radius 2 is 1.79 bits per heavy atom. The summed E-state index contributed by atoms with van der Waals surface area (Å²) >= 11 is 5.66. The number of benzene rings is 1. The fourth-order valence-corrected chi connectivity index (χ4v) is 1.45. The lowest BCUT2D eigenvalue weighted by Crippen LogP contribution is -2.12. The molecule has 14 heavy (non-hydrogen) atoms. The van der Waals surface area contributed by atoms with Crippen molar-refractivity contribution in [2.45, 2.75) is 32.0 Å². The monoisotopic (exact) mass is 215 g/mol. The van der Waals surface area contributed by atoms with Crippen molar-refractivity contribution in [3.63, 3.8) is 0 Å². The summed E-state index contributed by atoms with van der Waals surface area (Å²) in [6.07, 6.45) is 0.425. The van der Waals surface area contributed by atoms with Crippen LogP contribution in [0.15, 0.2) is 24.3 Å². The minimum Gasteiger partial charge on any atom is -0.325 e. The highest BCUT2D eigenvalue weighted by Crippen LogP contribution is 2.48. The summed E-state index contributed by atoms with van der Waals surface area (Å²) in [5.41, 5.74) is 4.81. The summed E-state index contributed by atoms with van der Waals surface area (Å²) in [5, 5.41) is 0.622. The van der Waals surface area contributed by atoms with Crippen molar-refractivity contribution in [1.82, 2.24) is 0 Å². The highest BCUT2D eigenvalue weighted by atomic mass is 35.5. The van der Waals surface area contributed by atoms with Gasteiger partial charge in [-0.25, -0.2) is 4.39 Å². The van der Waals surface area contributed by atoms with Gasteiger partial charge in [-0.3, -0.25) is 0 Å². The second-order valence-electron chi connectivity index (χ2n) is 3.18. The van der Waals surface area contributed by atoms with E-state index in [-0.39, 0.29) is 6.04 Å². The Hall–Kier alpha value is -0.600. The van der Waals surface area contributed by atoms with Crippen LogP contribution in [-0.2, 0) is 5.67 Å². The van der Waals surface area contributed by atoms with Gasteiger partial charge in [0.1, 0.15) is 0 Å². The van der Waals surface area contributed by atoms with Crippen molar-refractivity contribution in [3.05, 3.63) is 34.9 Å². The zero-order valence-corrected chi connectivity index (χ0v) is 9.18. The zero-order chi connectivity index (χ0) is 10.8. The Morgan fingerprint density at radius 1 is 1.36 bits per heavy atom. The minimum atomic E-state index is -1.29. The van der Waals surface area contributed by atoms with Crippen LogP contribution in [0.3, 0.4) is 0 Å². The quantitative estimate of drug-likeness (QED) is 0.765. The molecule has 2 rings (SSSR count). The number of alkyl halides is 1. The van der Waals surface area contributed by atoms with Crippen LogP contribution < -0.4 is 5.73 Å². The zero-order valence-electron chi connectivity index (χ0n) is 8.43. The number of halogens is 2. The predicted octanol–water partition coefficient (Wildman–Crippen LogP) is 3.26. The summed E-state index contributed by atoms with van der Waals surface area (Å²) in [6, 6.07) is 6.41. The molecule has 1 fully saturated rings. The summed E-state index contributed by atoms with van der Waals surface area (Å²) in [6.45, 7) is 4.00. The molecule has 0 amide bonds. The summed E-state index contributed by atoms with van der Waals surface area (Å²) in [7, 11) is 0. The van der Waals surface area contributed by atoms with Crippen LogP contribution in [0.25, 0.3) is 0 Å². The van der Waals surface area contributed by atoms with Crippen molar-refractivity contribution >= 4 is 11.6 Å². The topological polar surface area (TPSA) is 26.0 Å². The van der Waals surface area contributed by atoms with Crippen LogP contribution in [0.2, 0.25) is 5.02 Å². The van der Waals surface area contributed by atoms with Crippen molar-refractivity contribution in [2.75, 3.05) is 0 Å². The van der Waals surface area contributed by atoms with Gasteiger partial charge in [0.15, 0.2) is 5.67 Å². The van der Waals surface area contributed by atoms with Gasteiger partial charge in [-0.05, 0) is 17.7 Å². The Morgan fingerprint density at radius 3 is 2.14 bits per heavy atom. The van der Waals surface area contributed by atoms with Crippen molar-refractivity contribution < 1.29 is 4.39 Å². The largest absolute Gasteiger partial charge is 0.325 e. The highest BCUT2D eigenvalue weighted by molar-refractivity contribution is 6.30. The van der Waals surface area contributed by atoms with Crippen LogP contribution in [0, 0.1) is 0 Å². The minimum absolute atomic E-state index is 0.335. The third kappa shape index (κ3) is 2.07. The molecule has 0 spiro atoms. The fraction of sp³-hybridized carbons (Fsp3) is 0.455. The molecule has 1 nitrogen and oxygen atoms in total. The Balaban J connectivity index is 0.000000461. The maximum absolute atomic E-state index is 13.6.